The summed E-state index contributed by atoms with van der Waals surface area (Å²) in [6.45, 7) is 0.172. The molecule has 0 spiro atoms. The van der Waals surface area contributed by atoms with Crippen LogP contribution in [0.2, 0.25) is 0 Å². The third kappa shape index (κ3) is 7.73. The highest BCUT2D eigenvalue weighted by molar-refractivity contribution is 7.98. The van der Waals surface area contributed by atoms with E-state index in [1.807, 2.05) is 6.26 Å². The first kappa shape index (κ1) is 27.1. The first-order chi connectivity index (χ1) is 16.1. The summed E-state index contributed by atoms with van der Waals surface area (Å²) >= 11 is 1.44. The van der Waals surface area contributed by atoms with Crippen LogP contribution in [0.15, 0.2) is 12.5 Å². The average molecular weight is 499 g/mol. The van der Waals surface area contributed by atoms with Crippen molar-refractivity contribution in [1.29, 1.82) is 0 Å². The number of imidazole rings is 1. The minimum absolute atomic E-state index is 0.0984. The number of nitrogens with zero attached hydrogens (tertiary/aromatic N) is 2. The number of nitrogens with one attached hydrogen (secondary N) is 3. The number of carbonyl (C=O) groups is 5. The number of likely N-dealkylation sites (tertiary alicyclic amines) is 1. The summed E-state index contributed by atoms with van der Waals surface area (Å²) in [5, 5.41) is 23.5. The van der Waals surface area contributed by atoms with Crippen molar-refractivity contribution in [3.05, 3.63) is 18.2 Å². The molecule has 14 heteroatoms. The van der Waals surface area contributed by atoms with Crippen LogP contribution in [0.1, 0.15) is 31.4 Å². The summed E-state index contributed by atoms with van der Waals surface area (Å²) < 4.78 is 0. The number of aromatic amines is 1. The van der Waals surface area contributed by atoms with E-state index in [1.165, 1.54) is 29.2 Å². The zero-order chi connectivity index (χ0) is 25.3. The highest BCUT2D eigenvalue weighted by Crippen LogP contribution is 2.20. The van der Waals surface area contributed by atoms with Crippen LogP contribution in [-0.2, 0) is 30.4 Å². The van der Waals surface area contributed by atoms with Gasteiger partial charge in [0, 0.05) is 24.9 Å². The standard InChI is InChI=1S/C20H30N6O7S/c1-34-6-4-13(20(32)33)24-18(30)15-3-2-5-26(15)19(31)14(8-16(27)28)25-17(29)12(21)7-11-9-22-10-23-11/h9-10,12-15H,2-8,21H2,1H3,(H,22,23)(H,24,30)(H,25,29)(H,27,28)(H,32,33). The predicted octanol–water partition coefficient (Wildman–Crippen LogP) is -1.45. The highest BCUT2D eigenvalue weighted by atomic mass is 32.2. The average Bonchev–Trinajstić information content (AvgIpc) is 3.47. The lowest BCUT2D eigenvalue weighted by Gasteiger charge is -2.29. The Bertz CT molecular complexity index is 881. The number of rotatable bonds is 13. The third-order valence-corrected chi connectivity index (χ3v) is 6.03. The monoisotopic (exact) mass is 498 g/mol. The van der Waals surface area contributed by atoms with E-state index in [1.54, 1.807) is 0 Å². The summed E-state index contributed by atoms with van der Waals surface area (Å²) in [6.07, 6.45) is 5.11. The quantitative estimate of drug-likeness (QED) is 0.186. The minimum atomic E-state index is -1.43. The van der Waals surface area contributed by atoms with Crippen molar-refractivity contribution in [1.82, 2.24) is 25.5 Å². The number of nitrogens with two attached hydrogens (primary N) is 1. The van der Waals surface area contributed by atoms with Crippen molar-refractivity contribution in [2.45, 2.75) is 56.3 Å². The number of aromatic nitrogens is 2. The van der Waals surface area contributed by atoms with Gasteiger partial charge < -0.3 is 36.5 Å². The molecule has 0 bridgehead atoms. The molecule has 0 aliphatic carbocycles. The second-order valence-electron chi connectivity index (χ2n) is 7.92. The van der Waals surface area contributed by atoms with E-state index >= 15 is 0 Å². The Hall–Kier alpha value is -3.13. The normalized spacial score (nSPS) is 18.1. The van der Waals surface area contributed by atoms with Crippen LogP contribution in [0.4, 0.5) is 0 Å². The van der Waals surface area contributed by atoms with Gasteiger partial charge in [-0.1, -0.05) is 0 Å². The van der Waals surface area contributed by atoms with Crippen LogP contribution in [0.3, 0.4) is 0 Å². The molecule has 1 aromatic heterocycles. The van der Waals surface area contributed by atoms with E-state index < -0.39 is 60.2 Å². The Morgan fingerprint density at radius 2 is 2.00 bits per heavy atom. The Morgan fingerprint density at radius 1 is 1.26 bits per heavy atom. The van der Waals surface area contributed by atoms with Gasteiger partial charge in [-0.05, 0) is 31.3 Å². The zero-order valence-corrected chi connectivity index (χ0v) is 19.5. The van der Waals surface area contributed by atoms with Crippen molar-refractivity contribution >= 4 is 41.4 Å². The second-order valence-corrected chi connectivity index (χ2v) is 8.90. The van der Waals surface area contributed by atoms with Crippen molar-refractivity contribution in [3.8, 4) is 0 Å². The van der Waals surface area contributed by atoms with E-state index in [4.69, 9.17) is 5.73 Å². The molecular weight excluding hydrogens is 468 g/mol. The van der Waals surface area contributed by atoms with Gasteiger partial charge in [0.15, 0.2) is 0 Å². The number of amides is 3. The topological polar surface area (TPSA) is 208 Å². The van der Waals surface area contributed by atoms with E-state index in [-0.39, 0.29) is 19.4 Å². The summed E-state index contributed by atoms with van der Waals surface area (Å²) in [6, 6.07) is -4.56. The van der Waals surface area contributed by atoms with Gasteiger partial charge in [-0.2, -0.15) is 11.8 Å². The fourth-order valence-electron chi connectivity index (χ4n) is 3.64. The molecular formula is C20H30N6O7S. The molecule has 34 heavy (non-hydrogen) atoms. The molecule has 188 valence electrons. The molecule has 2 rings (SSSR count). The Labute approximate surface area is 200 Å². The van der Waals surface area contributed by atoms with E-state index in [0.717, 1.165) is 0 Å². The van der Waals surface area contributed by atoms with Crippen LogP contribution in [0.25, 0.3) is 0 Å². The molecule has 4 unspecified atom stereocenters. The van der Waals surface area contributed by atoms with Crippen LogP contribution >= 0.6 is 11.8 Å². The van der Waals surface area contributed by atoms with Gasteiger partial charge in [-0.25, -0.2) is 9.78 Å². The molecule has 3 amide bonds. The molecule has 1 aliphatic heterocycles. The van der Waals surface area contributed by atoms with Gasteiger partial charge in [-0.3, -0.25) is 19.2 Å². The van der Waals surface area contributed by atoms with Gasteiger partial charge in [0.05, 0.1) is 18.8 Å². The largest absolute Gasteiger partial charge is 0.481 e. The number of thioether (sulfide) groups is 1. The highest BCUT2D eigenvalue weighted by Gasteiger charge is 2.39. The second kappa shape index (κ2) is 12.9. The van der Waals surface area contributed by atoms with E-state index in [9.17, 15) is 34.2 Å². The van der Waals surface area contributed by atoms with Gasteiger partial charge in [0.25, 0.3) is 0 Å². The zero-order valence-electron chi connectivity index (χ0n) is 18.7. The minimum Gasteiger partial charge on any atom is -0.481 e. The Morgan fingerprint density at radius 3 is 2.59 bits per heavy atom. The fraction of sp³-hybridized carbons (Fsp3) is 0.600. The van der Waals surface area contributed by atoms with Crippen molar-refractivity contribution < 1.29 is 34.2 Å². The van der Waals surface area contributed by atoms with Gasteiger partial charge in [0.2, 0.25) is 17.7 Å². The molecule has 0 aromatic carbocycles. The lowest BCUT2D eigenvalue weighted by molar-refractivity contribution is -0.147. The van der Waals surface area contributed by atoms with Crippen molar-refractivity contribution in [2.24, 2.45) is 5.73 Å². The molecule has 1 aliphatic rings. The molecule has 1 saturated heterocycles. The number of hydrogen-bond donors (Lipinski definition) is 6. The number of H-pyrrole nitrogens is 1. The lowest BCUT2D eigenvalue weighted by Crippen LogP contribution is -2.57. The first-order valence-electron chi connectivity index (χ1n) is 10.7. The van der Waals surface area contributed by atoms with Crippen LogP contribution < -0.4 is 16.4 Å². The molecule has 13 nitrogen and oxygen atoms in total. The molecule has 1 fully saturated rings. The molecule has 1 aromatic rings. The maximum absolute atomic E-state index is 13.2. The fourth-order valence-corrected chi connectivity index (χ4v) is 4.12. The number of hydrogen-bond acceptors (Lipinski definition) is 8. The summed E-state index contributed by atoms with van der Waals surface area (Å²) in [4.78, 5) is 69.1. The molecule has 0 radical (unpaired) electrons. The van der Waals surface area contributed by atoms with Crippen LogP contribution in [0.5, 0.6) is 0 Å². The van der Waals surface area contributed by atoms with Gasteiger partial charge in [-0.15, -0.1) is 0 Å². The van der Waals surface area contributed by atoms with Crippen molar-refractivity contribution in [3.63, 3.8) is 0 Å². The molecule has 0 saturated carbocycles. The first-order valence-corrected chi connectivity index (χ1v) is 12.1. The van der Waals surface area contributed by atoms with Crippen LogP contribution in [-0.4, -0.2) is 97.5 Å². The summed E-state index contributed by atoms with van der Waals surface area (Å²) in [5.74, 6) is -4.06. The smallest absolute Gasteiger partial charge is 0.326 e. The van der Waals surface area contributed by atoms with E-state index in [2.05, 4.69) is 20.6 Å². The number of aliphatic carboxylic acids is 2. The number of carboxylic acids is 2. The van der Waals surface area contributed by atoms with Crippen LogP contribution in [0, 0.1) is 0 Å². The number of carboxylic acid groups (broad SMARTS) is 2. The Kier molecular flexibility index (Phi) is 10.3. The predicted molar refractivity (Wildman–Crippen MR) is 122 cm³/mol. The third-order valence-electron chi connectivity index (χ3n) is 5.39. The maximum Gasteiger partial charge on any atom is 0.326 e. The maximum atomic E-state index is 13.2. The van der Waals surface area contributed by atoms with Gasteiger partial charge >= 0.3 is 11.9 Å². The number of carbonyl (C=O) groups excluding carboxylic acids is 3. The Balaban J connectivity index is 2.08. The van der Waals surface area contributed by atoms with Gasteiger partial charge in [0.1, 0.15) is 18.1 Å². The summed E-state index contributed by atoms with van der Waals surface area (Å²) in [7, 11) is 0. The molecule has 2 heterocycles. The molecule has 7 N–H and O–H groups in total. The lowest BCUT2D eigenvalue weighted by atomic mass is 10.1. The summed E-state index contributed by atoms with van der Waals surface area (Å²) in [5.41, 5.74) is 6.48. The van der Waals surface area contributed by atoms with E-state index in [0.29, 0.717) is 24.3 Å². The van der Waals surface area contributed by atoms with Crippen molar-refractivity contribution in [2.75, 3.05) is 18.6 Å². The SMILES string of the molecule is CSCCC(NC(=O)C1CCCN1C(=O)C(CC(=O)O)NC(=O)C(N)Cc1cnc[nH]1)C(=O)O. The molecule has 4 atom stereocenters.